The standard InChI is InChI=1S/C28H27N5O3/c1-18-25(19(2)33(32-18)17-20-8-7-9-23(16-20)26(34)29-3)31-28(36)22-14-12-21(13-15-22)27(35)30-24-10-5-4-6-11-24/h4-16H,17H2,1-3H3,(H,29,34)(H,30,35)(H,31,36). The van der Waals surface area contributed by atoms with Crippen LogP contribution in [0.3, 0.4) is 0 Å². The Morgan fingerprint density at radius 3 is 2.03 bits per heavy atom. The SMILES string of the molecule is CNC(=O)c1cccc(Cn2nc(C)c(NC(=O)c3ccc(C(=O)Nc4ccccc4)cc3)c2C)c1. The van der Waals surface area contributed by atoms with Crippen molar-refractivity contribution in [2.24, 2.45) is 0 Å². The monoisotopic (exact) mass is 481 g/mol. The Labute approximate surface area is 209 Å². The first-order valence-corrected chi connectivity index (χ1v) is 11.5. The van der Waals surface area contributed by atoms with E-state index in [0.29, 0.717) is 40.3 Å². The highest BCUT2D eigenvalue weighted by atomic mass is 16.2. The van der Waals surface area contributed by atoms with Gasteiger partial charge < -0.3 is 16.0 Å². The fraction of sp³-hybridized carbons (Fsp3) is 0.143. The molecule has 182 valence electrons. The molecule has 0 aliphatic heterocycles. The molecule has 3 N–H and O–H groups in total. The summed E-state index contributed by atoms with van der Waals surface area (Å²) in [4.78, 5) is 37.3. The topological polar surface area (TPSA) is 105 Å². The van der Waals surface area contributed by atoms with Gasteiger partial charge in [-0.1, -0.05) is 30.3 Å². The predicted molar refractivity (Wildman–Crippen MR) is 139 cm³/mol. The first kappa shape index (κ1) is 24.4. The molecule has 0 unspecified atom stereocenters. The zero-order chi connectivity index (χ0) is 25.7. The normalized spacial score (nSPS) is 10.5. The molecular formula is C28H27N5O3. The van der Waals surface area contributed by atoms with E-state index in [9.17, 15) is 14.4 Å². The number of carbonyl (C=O) groups is 3. The van der Waals surface area contributed by atoms with Crippen LogP contribution in [0.1, 0.15) is 48.0 Å². The van der Waals surface area contributed by atoms with Crippen LogP contribution in [0.15, 0.2) is 78.9 Å². The van der Waals surface area contributed by atoms with Crippen molar-refractivity contribution >= 4 is 29.1 Å². The highest BCUT2D eigenvalue weighted by Crippen LogP contribution is 2.22. The molecular weight excluding hydrogens is 454 g/mol. The molecule has 0 aliphatic carbocycles. The van der Waals surface area contributed by atoms with Gasteiger partial charge in [-0.2, -0.15) is 5.10 Å². The Bertz CT molecular complexity index is 1410. The van der Waals surface area contributed by atoms with Gasteiger partial charge in [0.2, 0.25) is 0 Å². The molecule has 8 heteroatoms. The van der Waals surface area contributed by atoms with Crippen molar-refractivity contribution in [2.45, 2.75) is 20.4 Å². The molecule has 0 fully saturated rings. The summed E-state index contributed by atoms with van der Waals surface area (Å²) in [6, 6.07) is 23.0. The second kappa shape index (κ2) is 10.7. The van der Waals surface area contributed by atoms with E-state index in [4.69, 9.17) is 0 Å². The maximum atomic E-state index is 12.9. The number of hydrogen-bond donors (Lipinski definition) is 3. The molecule has 3 aromatic carbocycles. The Balaban J connectivity index is 1.45. The molecule has 8 nitrogen and oxygen atoms in total. The molecule has 0 saturated carbocycles. The number of para-hydroxylation sites is 1. The van der Waals surface area contributed by atoms with Crippen molar-refractivity contribution < 1.29 is 14.4 Å². The third kappa shape index (κ3) is 5.50. The average molecular weight is 482 g/mol. The lowest BCUT2D eigenvalue weighted by Crippen LogP contribution is -2.18. The Kier molecular flexibility index (Phi) is 7.25. The van der Waals surface area contributed by atoms with E-state index in [1.807, 2.05) is 62.4 Å². The number of aryl methyl sites for hydroxylation is 1. The fourth-order valence-electron chi connectivity index (χ4n) is 3.84. The van der Waals surface area contributed by atoms with Crippen LogP contribution in [-0.4, -0.2) is 34.5 Å². The number of nitrogens with zero attached hydrogens (tertiary/aromatic N) is 2. The van der Waals surface area contributed by atoms with Crippen molar-refractivity contribution in [3.63, 3.8) is 0 Å². The van der Waals surface area contributed by atoms with Gasteiger partial charge >= 0.3 is 0 Å². The number of anilines is 2. The van der Waals surface area contributed by atoms with E-state index in [1.54, 1.807) is 42.1 Å². The van der Waals surface area contributed by atoms with E-state index in [1.165, 1.54) is 0 Å². The van der Waals surface area contributed by atoms with Crippen molar-refractivity contribution in [2.75, 3.05) is 17.7 Å². The maximum absolute atomic E-state index is 12.9. The summed E-state index contributed by atoms with van der Waals surface area (Å²) in [5.74, 6) is -0.694. The first-order valence-electron chi connectivity index (χ1n) is 11.5. The zero-order valence-corrected chi connectivity index (χ0v) is 20.3. The zero-order valence-electron chi connectivity index (χ0n) is 20.3. The van der Waals surface area contributed by atoms with Gasteiger partial charge in [0.05, 0.1) is 23.6 Å². The lowest BCUT2D eigenvalue weighted by atomic mass is 10.1. The minimum atomic E-state index is -0.294. The maximum Gasteiger partial charge on any atom is 0.255 e. The van der Waals surface area contributed by atoms with E-state index in [0.717, 1.165) is 11.3 Å². The molecule has 0 bridgehead atoms. The minimum Gasteiger partial charge on any atom is -0.355 e. The lowest BCUT2D eigenvalue weighted by molar-refractivity contribution is 0.0961. The van der Waals surface area contributed by atoms with E-state index >= 15 is 0 Å². The van der Waals surface area contributed by atoms with Crippen molar-refractivity contribution in [3.8, 4) is 0 Å². The molecule has 0 atom stereocenters. The molecule has 0 aliphatic rings. The summed E-state index contributed by atoms with van der Waals surface area (Å²) in [5, 5.41) is 13.0. The van der Waals surface area contributed by atoms with Crippen molar-refractivity contribution in [1.29, 1.82) is 0 Å². The summed E-state index contributed by atoms with van der Waals surface area (Å²) < 4.78 is 1.80. The number of carbonyl (C=O) groups excluding carboxylic acids is 3. The minimum absolute atomic E-state index is 0.151. The van der Waals surface area contributed by atoms with E-state index in [-0.39, 0.29) is 17.7 Å². The van der Waals surface area contributed by atoms with Gasteiger partial charge in [-0.25, -0.2) is 0 Å². The van der Waals surface area contributed by atoms with Crippen molar-refractivity contribution in [3.05, 3.63) is 113 Å². The predicted octanol–water partition coefficient (Wildman–Crippen LogP) is 4.41. The van der Waals surface area contributed by atoms with Crippen LogP contribution in [0.25, 0.3) is 0 Å². The molecule has 3 amide bonds. The fourth-order valence-corrected chi connectivity index (χ4v) is 3.84. The lowest BCUT2D eigenvalue weighted by Gasteiger charge is -2.09. The van der Waals surface area contributed by atoms with Crippen LogP contribution in [0.5, 0.6) is 0 Å². The molecule has 36 heavy (non-hydrogen) atoms. The quantitative estimate of drug-likeness (QED) is 0.364. The Morgan fingerprint density at radius 2 is 1.39 bits per heavy atom. The van der Waals surface area contributed by atoms with E-state index in [2.05, 4.69) is 21.0 Å². The first-order chi connectivity index (χ1) is 17.4. The highest BCUT2D eigenvalue weighted by Gasteiger charge is 2.16. The van der Waals surface area contributed by atoms with Gasteiger partial charge in [0.15, 0.2) is 0 Å². The Hall–Kier alpha value is -4.72. The van der Waals surface area contributed by atoms with Crippen LogP contribution in [0, 0.1) is 13.8 Å². The van der Waals surface area contributed by atoms with Crippen LogP contribution in [0.2, 0.25) is 0 Å². The third-order valence-corrected chi connectivity index (χ3v) is 5.81. The summed E-state index contributed by atoms with van der Waals surface area (Å²) >= 11 is 0. The number of aromatic nitrogens is 2. The number of nitrogens with one attached hydrogen (secondary N) is 3. The molecule has 1 heterocycles. The van der Waals surface area contributed by atoms with E-state index < -0.39 is 0 Å². The van der Waals surface area contributed by atoms with Gasteiger partial charge in [0.25, 0.3) is 17.7 Å². The summed E-state index contributed by atoms with van der Waals surface area (Å²) in [5.41, 5.74) is 5.19. The summed E-state index contributed by atoms with van der Waals surface area (Å²) in [7, 11) is 1.60. The van der Waals surface area contributed by atoms with Gasteiger partial charge in [-0.05, 0) is 67.9 Å². The third-order valence-electron chi connectivity index (χ3n) is 5.81. The van der Waals surface area contributed by atoms with Gasteiger partial charge in [0.1, 0.15) is 0 Å². The van der Waals surface area contributed by atoms with Crippen LogP contribution in [0.4, 0.5) is 11.4 Å². The summed E-state index contributed by atoms with van der Waals surface area (Å²) in [6.45, 7) is 4.17. The van der Waals surface area contributed by atoms with Gasteiger partial charge in [-0.15, -0.1) is 0 Å². The van der Waals surface area contributed by atoms with Crippen LogP contribution in [-0.2, 0) is 6.54 Å². The van der Waals surface area contributed by atoms with Gasteiger partial charge in [-0.3, -0.25) is 19.1 Å². The molecule has 4 rings (SSSR count). The average Bonchev–Trinajstić information content (AvgIpc) is 3.16. The molecule has 0 spiro atoms. The second-order valence-electron chi connectivity index (χ2n) is 8.33. The highest BCUT2D eigenvalue weighted by molar-refractivity contribution is 6.07. The number of amides is 3. The number of hydrogen-bond acceptors (Lipinski definition) is 4. The van der Waals surface area contributed by atoms with Crippen LogP contribution < -0.4 is 16.0 Å². The molecule has 1 aromatic heterocycles. The number of benzene rings is 3. The number of rotatable bonds is 7. The van der Waals surface area contributed by atoms with Crippen LogP contribution >= 0.6 is 0 Å². The van der Waals surface area contributed by atoms with Gasteiger partial charge in [0, 0.05) is 29.4 Å². The molecule has 0 radical (unpaired) electrons. The summed E-state index contributed by atoms with van der Waals surface area (Å²) in [6.07, 6.45) is 0. The molecule has 4 aromatic rings. The second-order valence-corrected chi connectivity index (χ2v) is 8.33. The van der Waals surface area contributed by atoms with Crippen molar-refractivity contribution in [1.82, 2.24) is 15.1 Å². The largest absolute Gasteiger partial charge is 0.355 e. The molecule has 0 saturated heterocycles. The smallest absolute Gasteiger partial charge is 0.255 e. The Morgan fingerprint density at radius 1 is 0.750 bits per heavy atom.